The summed E-state index contributed by atoms with van der Waals surface area (Å²) in [4.78, 5) is 12.0. The molecule has 88 valence electrons. The standard InChI is InChI=1S/C12H13Cl3O/c1-12(2,3)6-10(16)11-8(14)4-7(13)5-9(11)15/h4-5H,6H2,1-3H3. The Morgan fingerprint density at radius 3 is 1.94 bits per heavy atom. The van der Waals surface area contributed by atoms with Crippen molar-refractivity contribution < 1.29 is 4.79 Å². The van der Waals surface area contributed by atoms with Crippen LogP contribution in [0, 0.1) is 5.41 Å². The van der Waals surface area contributed by atoms with Gasteiger partial charge in [0.1, 0.15) is 0 Å². The summed E-state index contributed by atoms with van der Waals surface area (Å²) in [6.45, 7) is 5.97. The van der Waals surface area contributed by atoms with Crippen molar-refractivity contribution in [2.75, 3.05) is 0 Å². The minimum absolute atomic E-state index is 0.0563. The molecule has 0 atom stereocenters. The largest absolute Gasteiger partial charge is 0.294 e. The second kappa shape index (κ2) is 4.95. The molecule has 0 heterocycles. The quantitative estimate of drug-likeness (QED) is 0.674. The Morgan fingerprint density at radius 2 is 1.56 bits per heavy atom. The number of halogens is 3. The zero-order chi connectivity index (χ0) is 12.5. The molecule has 0 spiro atoms. The molecule has 4 heteroatoms. The highest BCUT2D eigenvalue weighted by molar-refractivity contribution is 6.42. The van der Waals surface area contributed by atoms with E-state index in [1.807, 2.05) is 20.8 Å². The Hall–Kier alpha value is -0.240. The van der Waals surface area contributed by atoms with Gasteiger partial charge in [-0.2, -0.15) is 0 Å². The summed E-state index contributed by atoms with van der Waals surface area (Å²) in [5, 5.41) is 1.06. The monoisotopic (exact) mass is 278 g/mol. The second-order valence-corrected chi connectivity index (χ2v) is 6.16. The normalized spacial score (nSPS) is 11.6. The van der Waals surface area contributed by atoms with Gasteiger partial charge in [0.25, 0.3) is 0 Å². The van der Waals surface area contributed by atoms with Crippen LogP contribution in [0.5, 0.6) is 0 Å². The Labute approximate surface area is 111 Å². The van der Waals surface area contributed by atoms with Crippen molar-refractivity contribution in [1.29, 1.82) is 0 Å². The fraction of sp³-hybridized carbons (Fsp3) is 0.417. The number of rotatable bonds is 2. The lowest BCUT2D eigenvalue weighted by molar-refractivity contribution is 0.0940. The van der Waals surface area contributed by atoms with E-state index in [0.717, 1.165) is 0 Å². The first-order valence-corrected chi connectivity index (χ1v) is 6.02. The van der Waals surface area contributed by atoms with E-state index >= 15 is 0 Å². The zero-order valence-corrected chi connectivity index (χ0v) is 11.7. The fourth-order valence-electron chi connectivity index (χ4n) is 1.38. The summed E-state index contributed by atoms with van der Waals surface area (Å²) >= 11 is 17.7. The van der Waals surface area contributed by atoms with Crippen LogP contribution in [0.3, 0.4) is 0 Å². The molecule has 0 fully saturated rings. The van der Waals surface area contributed by atoms with Gasteiger partial charge in [-0.1, -0.05) is 55.6 Å². The van der Waals surface area contributed by atoms with Crippen LogP contribution in [0.2, 0.25) is 15.1 Å². The highest BCUT2D eigenvalue weighted by Crippen LogP contribution is 2.32. The summed E-state index contributed by atoms with van der Waals surface area (Å²) in [6.07, 6.45) is 0.397. The number of carbonyl (C=O) groups is 1. The number of hydrogen-bond donors (Lipinski definition) is 0. The van der Waals surface area contributed by atoms with Crippen LogP contribution in [0.15, 0.2) is 12.1 Å². The first-order chi connectivity index (χ1) is 7.20. The molecule has 0 saturated heterocycles. The number of carbonyl (C=O) groups excluding carboxylic acids is 1. The molecule has 0 aliphatic heterocycles. The molecule has 0 aliphatic rings. The minimum Gasteiger partial charge on any atom is -0.294 e. The van der Waals surface area contributed by atoms with E-state index in [0.29, 0.717) is 27.1 Å². The molecule has 1 aromatic carbocycles. The second-order valence-electron chi connectivity index (χ2n) is 4.91. The third kappa shape index (κ3) is 3.65. The van der Waals surface area contributed by atoms with Crippen molar-refractivity contribution in [2.24, 2.45) is 5.41 Å². The van der Waals surface area contributed by atoms with Gasteiger partial charge < -0.3 is 0 Å². The van der Waals surface area contributed by atoms with Crippen LogP contribution in [-0.4, -0.2) is 5.78 Å². The average molecular weight is 280 g/mol. The Balaban J connectivity index is 3.10. The maximum absolute atomic E-state index is 12.0. The van der Waals surface area contributed by atoms with E-state index in [4.69, 9.17) is 34.8 Å². The van der Waals surface area contributed by atoms with Crippen molar-refractivity contribution in [2.45, 2.75) is 27.2 Å². The Bertz CT molecular complexity index is 396. The average Bonchev–Trinajstić information content (AvgIpc) is 1.96. The predicted molar refractivity (Wildman–Crippen MR) is 69.9 cm³/mol. The van der Waals surface area contributed by atoms with Crippen LogP contribution >= 0.6 is 34.8 Å². The summed E-state index contributed by atoms with van der Waals surface area (Å²) in [5.74, 6) is -0.0563. The van der Waals surface area contributed by atoms with Crippen molar-refractivity contribution >= 4 is 40.6 Å². The maximum atomic E-state index is 12.0. The van der Waals surface area contributed by atoms with Crippen molar-refractivity contribution in [3.8, 4) is 0 Å². The van der Waals surface area contributed by atoms with Crippen molar-refractivity contribution in [3.63, 3.8) is 0 Å². The van der Waals surface area contributed by atoms with Gasteiger partial charge in [0.2, 0.25) is 0 Å². The maximum Gasteiger partial charge on any atom is 0.166 e. The van der Waals surface area contributed by atoms with Crippen LogP contribution in [0.4, 0.5) is 0 Å². The van der Waals surface area contributed by atoms with Crippen LogP contribution in [-0.2, 0) is 0 Å². The van der Waals surface area contributed by atoms with Crippen LogP contribution in [0.25, 0.3) is 0 Å². The lowest BCUT2D eigenvalue weighted by Crippen LogP contribution is -2.13. The molecule has 0 bridgehead atoms. The van der Waals surface area contributed by atoms with Gasteiger partial charge in [-0.15, -0.1) is 0 Å². The molecule has 0 N–H and O–H groups in total. The summed E-state index contributed by atoms with van der Waals surface area (Å²) in [7, 11) is 0. The van der Waals surface area contributed by atoms with Crippen LogP contribution in [0.1, 0.15) is 37.6 Å². The lowest BCUT2D eigenvalue weighted by Gasteiger charge is -2.17. The Morgan fingerprint density at radius 1 is 1.12 bits per heavy atom. The molecular formula is C12H13Cl3O. The summed E-state index contributed by atoms with van der Waals surface area (Å²) in [6, 6.07) is 3.07. The number of benzene rings is 1. The highest BCUT2D eigenvalue weighted by Gasteiger charge is 2.21. The van der Waals surface area contributed by atoms with Gasteiger partial charge in [-0.25, -0.2) is 0 Å². The molecule has 0 radical (unpaired) electrons. The van der Waals surface area contributed by atoms with Crippen molar-refractivity contribution in [1.82, 2.24) is 0 Å². The third-order valence-electron chi connectivity index (χ3n) is 1.98. The topological polar surface area (TPSA) is 17.1 Å². The summed E-state index contributed by atoms with van der Waals surface area (Å²) < 4.78 is 0. The molecule has 1 rings (SSSR count). The fourth-order valence-corrected chi connectivity index (χ4v) is 2.41. The van der Waals surface area contributed by atoms with Gasteiger partial charge in [-0.05, 0) is 17.5 Å². The number of ketones is 1. The first kappa shape index (κ1) is 13.8. The van der Waals surface area contributed by atoms with Gasteiger partial charge >= 0.3 is 0 Å². The van der Waals surface area contributed by atoms with Gasteiger partial charge in [-0.3, -0.25) is 4.79 Å². The molecule has 1 nitrogen and oxygen atoms in total. The number of hydrogen-bond acceptors (Lipinski definition) is 1. The summed E-state index contributed by atoms with van der Waals surface area (Å²) in [5.41, 5.74) is 0.270. The zero-order valence-electron chi connectivity index (χ0n) is 9.40. The van der Waals surface area contributed by atoms with Gasteiger partial charge in [0, 0.05) is 11.4 Å². The lowest BCUT2D eigenvalue weighted by atomic mass is 9.88. The van der Waals surface area contributed by atoms with E-state index in [1.54, 1.807) is 0 Å². The SMILES string of the molecule is CC(C)(C)CC(=O)c1c(Cl)cc(Cl)cc1Cl. The van der Waals surface area contributed by atoms with E-state index in [2.05, 4.69) is 0 Å². The van der Waals surface area contributed by atoms with E-state index in [-0.39, 0.29) is 11.2 Å². The molecular weight excluding hydrogens is 266 g/mol. The molecule has 0 aliphatic carbocycles. The van der Waals surface area contributed by atoms with E-state index < -0.39 is 0 Å². The van der Waals surface area contributed by atoms with E-state index in [9.17, 15) is 4.79 Å². The van der Waals surface area contributed by atoms with Gasteiger partial charge in [0.15, 0.2) is 5.78 Å². The predicted octanol–water partition coefficient (Wildman–Crippen LogP) is 5.27. The molecule has 0 amide bonds. The van der Waals surface area contributed by atoms with Crippen molar-refractivity contribution in [3.05, 3.63) is 32.8 Å². The smallest absolute Gasteiger partial charge is 0.166 e. The van der Waals surface area contributed by atoms with Gasteiger partial charge in [0.05, 0.1) is 15.6 Å². The third-order valence-corrected chi connectivity index (χ3v) is 2.79. The molecule has 0 aromatic heterocycles. The Kier molecular flexibility index (Phi) is 4.28. The molecule has 0 saturated carbocycles. The first-order valence-electron chi connectivity index (χ1n) is 4.88. The molecule has 0 unspecified atom stereocenters. The highest BCUT2D eigenvalue weighted by atomic mass is 35.5. The van der Waals surface area contributed by atoms with Crippen LogP contribution < -0.4 is 0 Å². The molecule has 16 heavy (non-hydrogen) atoms. The van der Waals surface area contributed by atoms with E-state index in [1.165, 1.54) is 12.1 Å². The number of Topliss-reactive ketones (excluding diaryl/α,β-unsaturated/α-hetero) is 1. The molecule has 1 aromatic rings. The minimum atomic E-state index is -0.0939.